The van der Waals surface area contributed by atoms with Gasteiger partial charge in [-0.25, -0.2) is 0 Å². The zero-order chi connectivity index (χ0) is 29.8. The van der Waals surface area contributed by atoms with Gasteiger partial charge in [-0.1, -0.05) is 6.58 Å². The summed E-state index contributed by atoms with van der Waals surface area (Å²) in [5.74, 6) is -7.04. The van der Waals surface area contributed by atoms with Gasteiger partial charge in [-0.2, -0.15) is 0 Å². The van der Waals surface area contributed by atoms with Gasteiger partial charge in [-0.3, -0.25) is 14.5 Å². The van der Waals surface area contributed by atoms with Gasteiger partial charge in [0.25, 0.3) is 5.91 Å². The van der Waals surface area contributed by atoms with Crippen LogP contribution < -0.4 is 16.4 Å². The van der Waals surface area contributed by atoms with Crippen LogP contribution >= 0.6 is 0 Å². The fraction of sp³-hybridized carbons (Fsp3) is 0.385. The van der Waals surface area contributed by atoms with Crippen molar-refractivity contribution in [1.29, 1.82) is 0 Å². The molecule has 1 atom stereocenters. The van der Waals surface area contributed by atoms with Crippen molar-refractivity contribution in [2.45, 2.75) is 38.1 Å². The first-order chi connectivity index (χ1) is 19.4. The van der Waals surface area contributed by atoms with Gasteiger partial charge in [0.05, 0.1) is 36.7 Å². The number of benzene rings is 2. The highest BCUT2D eigenvalue weighted by Crippen LogP contribution is 2.52. The number of hydrogen-bond acceptors (Lipinski definition) is 13. The summed E-state index contributed by atoms with van der Waals surface area (Å²) in [5, 5.41) is 78.9. The minimum Gasteiger partial charge on any atom is -0.504 e. The number of nitrogens with one attached hydrogen (secondary N) is 2. The predicted molar refractivity (Wildman–Crippen MR) is 141 cm³/mol. The van der Waals surface area contributed by atoms with Crippen molar-refractivity contribution in [3.8, 4) is 40.2 Å². The topological polar surface area (TPSA) is 242 Å². The maximum absolute atomic E-state index is 13.5. The third-order valence-electron chi connectivity index (χ3n) is 7.87. The zero-order valence-electron chi connectivity index (χ0n) is 21.9. The fourth-order valence-electron chi connectivity index (χ4n) is 5.43. The zero-order valence-corrected chi connectivity index (χ0v) is 21.9. The molecule has 0 aliphatic carbocycles. The lowest BCUT2D eigenvalue weighted by atomic mass is 9.95. The summed E-state index contributed by atoms with van der Waals surface area (Å²) in [4.78, 5) is 28.3. The molecule has 11 N–H and O–H groups in total. The minimum atomic E-state index is -1.53. The number of aromatic hydroxyl groups is 7. The molecule has 2 fully saturated rings. The normalized spacial score (nSPS) is 21.2. The van der Waals surface area contributed by atoms with Gasteiger partial charge >= 0.3 is 0 Å². The van der Waals surface area contributed by atoms with Crippen molar-refractivity contribution in [3.63, 3.8) is 0 Å². The average molecular weight is 574 g/mol. The Labute approximate surface area is 233 Å². The number of rotatable bonds is 6. The van der Waals surface area contributed by atoms with Crippen LogP contribution in [-0.4, -0.2) is 89.3 Å². The molecule has 0 radical (unpaired) electrons. The van der Waals surface area contributed by atoms with Crippen molar-refractivity contribution >= 4 is 17.5 Å². The molecule has 3 heterocycles. The Morgan fingerprint density at radius 1 is 0.902 bits per heavy atom. The Morgan fingerprint density at radius 3 is 2.15 bits per heavy atom. The van der Waals surface area contributed by atoms with Crippen LogP contribution in [0, 0.1) is 0 Å². The molecular formula is C26H31N5O10. The summed E-state index contributed by atoms with van der Waals surface area (Å²) in [6.07, 6.45) is 0.0337. The number of anilines is 1. The van der Waals surface area contributed by atoms with E-state index in [0.29, 0.717) is 26.3 Å². The molecule has 2 aromatic carbocycles. The SMILES string of the molecule is C=C1NC(=O)CCC1(N)N1Cc2c(NCc3c(O)c(O)c(O)c(O)c3CN3CCOCC3)c(O)c(O)c(O)c2C1=O. The number of carbonyl (C=O) groups excluding carboxylic acids is 2. The van der Waals surface area contributed by atoms with E-state index in [1.165, 1.54) is 0 Å². The molecule has 5 rings (SSSR count). The van der Waals surface area contributed by atoms with E-state index in [1.54, 1.807) is 0 Å². The highest BCUT2D eigenvalue weighted by Gasteiger charge is 2.48. The number of hydrogen-bond donors (Lipinski definition) is 10. The van der Waals surface area contributed by atoms with E-state index in [0.717, 1.165) is 4.90 Å². The standard InChI is InChI=1S/C26H31N5O10/c1-11-26(27,3-2-15(32)29-11)31-10-14-16(25(31)40)20(35)24(39)21(36)17(14)28-8-12-13(9-30-4-6-41-7-5-30)19(34)23(38)22(37)18(12)33/h28,33-39H,1-10,27H2,(H,29,32). The monoisotopic (exact) mass is 573 g/mol. The number of phenols is 7. The van der Waals surface area contributed by atoms with Crippen LogP contribution in [0.15, 0.2) is 12.3 Å². The van der Waals surface area contributed by atoms with Gasteiger partial charge in [0.1, 0.15) is 5.66 Å². The summed E-state index contributed by atoms with van der Waals surface area (Å²) < 4.78 is 5.33. The molecule has 2 saturated heterocycles. The maximum Gasteiger partial charge on any atom is 0.260 e. The summed E-state index contributed by atoms with van der Waals surface area (Å²) >= 11 is 0. The summed E-state index contributed by atoms with van der Waals surface area (Å²) in [6.45, 7) is 5.06. The van der Waals surface area contributed by atoms with Crippen molar-refractivity contribution in [1.82, 2.24) is 15.1 Å². The quantitative estimate of drug-likeness (QED) is 0.163. The Balaban J connectivity index is 1.52. The smallest absolute Gasteiger partial charge is 0.260 e. The van der Waals surface area contributed by atoms with Crippen molar-refractivity contribution in [2.75, 3.05) is 31.6 Å². The van der Waals surface area contributed by atoms with Gasteiger partial charge in [0.2, 0.25) is 23.2 Å². The number of amides is 2. The van der Waals surface area contributed by atoms with Gasteiger partial charge in [-0.05, 0) is 6.42 Å². The molecule has 3 aliphatic rings. The highest BCUT2D eigenvalue weighted by atomic mass is 16.5. The Hall–Kier alpha value is -4.60. The molecule has 0 aromatic heterocycles. The lowest BCUT2D eigenvalue weighted by Gasteiger charge is -2.42. The minimum absolute atomic E-state index is 0.00225. The largest absolute Gasteiger partial charge is 0.504 e. The highest BCUT2D eigenvalue weighted by molar-refractivity contribution is 6.05. The first kappa shape index (κ1) is 27.9. The molecule has 1 unspecified atom stereocenters. The number of piperidine rings is 1. The van der Waals surface area contributed by atoms with E-state index in [2.05, 4.69) is 17.2 Å². The first-order valence-corrected chi connectivity index (χ1v) is 12.8. The molecule has 220 valence electrons. The maximum atomic E-state index is 13.5. The molecule has 2 aromatic rings. The second-order valence-corrected chi connectivity index (χ2v) is 10.2. The molecule has 15 heteroatoms. The number of morpholine rings is 1. The van der Waals surface area contributed by atoms with Crippen LogP contribution in [0.5, 0.6) is 40.2 Å². The second-order valence-electron chi connectivity index (χ2n) is 10.2. The van der Waals surface area contributed by atoms with Crippen LogP contribution in [0.3, 0.4) is 0 Å². The summed E-state index contributed by atoms with van der Waals surface area (Å²) in [6, 6.07) is 0. The van der Waals surface area contributed by atoms with Gasteiger partial charge in [0.15, 0.2) is 23.0 Å². The number of nitrogens with two attached hydrogens (primary N) is 1. The fourth-order valence-corrected chi connectivity index (χ4v) is 5.43. The first-order valence-electron chi connectivity index (χ1n) is 12.8. The summed E-state index contributed by atoms with van der Waals surface area (Å²) in [7, 11) is 0. The lowest BCUT2D eigenvalue weighted by molar-refractivity contribution is -0.123. The predicted octanol–water partition coefficient (Wildman–Crippen LogP) is 0.105. The Kier molecular flexibility index (Phi) is 6.89. The summed E-state index contributed by atoms with van der Waals surface area (Å²) in [5.41, 5.74) is 4.59. The van der Waals surface area contributed by atoms with E-state index in [4.69, 9.17) is 10.5 Å². The van der Waals surface area contributed by atoms with Crippen molar-refractivity contribution in [2.24, 2.45) is 5.73 Å². The number of nitrogens with zero attached hydrogens (tertiary/aromatic N) is 2. The molecule has 0 bridgehead atoms. The number of phenolic OH excluding ortho intramolecular Hbond substituents is 7. The number of ether oxygens (including phenoxy) is 1. The van der Waals surface area contributed by atoms with E-state index in [-0.39, 0.29) is 72.0 Å². The van der Waals surface area contributed by atoms with Crippen LogP contribution in [0.2, 0.25) is 0 Å². The van der Waals surface area contributed by atoms with Crippen molar-refractivity contribution in [3.05, 3.63) is 34.5 Å². The molecule has 15 nitrogen and oxygen atoms in total. The van der Waals surface area contributed by atoms with Crippen LogP contribution in [0.1, 0.15) is 39.9 Å². The van der Waals surface area contributed by atoms with Gasteiger partial charge in [-0.15, -0.1) is 0 Å². The molecule has 0 saturated carbocycles. The average Bonchev–Trinajstić information content (AvgIpc) is 3.30. The molecule has 3 aliphatic heterocycles. The molecule has 2 amide bonds. The molecule has 41 heavy (non-hydrogen) atoms. The van der Waals surface area contributed by atoms with E-state index >= 15 is 0 Å². The Morgan fingerprint density at radius 2 is 1.51 bits per heavy atom. The van der Waals surface area contributed by atoms with Crippen LogP contribution in [0.25, 0.3) is 0 Å². The van der Waals surface area contributed by atoms with Gasteiger partial charge in [0, 0.05) is 49.3 Å². The van der Waals surface area contributed by atoms with Crippen LogP contribution in [-0.2, 0) is 29.2 Å². The van der Waals surface area contributed by atoms with E-state index in [1.807, 2.05) is 4.90 Å². The molecular weight excluding hydrogens is 542 g/mol. The lowest BCUT2D eigenvalue weighted by Crippen LogP contribution is -2.62. The van der Waals surface area contributed by atoms with Crippen LogP contribution in [0.4, 0.5) is 5.69 Å². The van der Waals surface area contributed by atoms with Gasteiger partial charge < -0.3 is 61.7 Å². The number of fused-ring (bicyclic) bond motifs is 1. The molecule has 0 spiro atoms. The third kappa shape index (κ3) is 4.43. The number of carbonyl (C=O) groups is 2. The third-order valence-corrected chi connectivity index (χ3v) is 7.87. The van der Waals surface area contributed by atoms with E-state index < -0.39 is 51.8 Å². The second kappa shape index (κ2) is 10.1. The van der Waals surface area contributed by atoms with E-state index in [9.17, 15) is 45.3 Å². The Bertz CT molecular complexity index is 1470. The van der Waals surface area contributed by atoms with Crippen molar-refractivity contribution < 1.29 is 50.1 Å².